The van der Waals surface area contributed by atoms with E-state index in [0.717, 1.165) is 30.9 Å². The van der Waals surface area contributed by atoms with Crippen LogP contribution >= 0.6 is 0 Å². The average molecular weight is 300 g/mol. The van der Waals surface area contributed by atoms with E-state index in [1.807, 2.05) is 19.3 Å². The molecule has 0 saturated carbocycles. The molecule has 1 atom stereocenters. The van der Waals surface area contributed by atoms with Crippen molar-refractivity contribution < 1.29 is 4.39 Å². The van der Waals surface area contributed by atoms with Crippen molar-refractivity contribution in [2.24, 2.45) is 0 Å². The molecule has 116 valence electrons. The SMILES string of the molecule is CN[C@H]1CCN(c2ccnc(NCc3ccc(F)cc3)c2)C1. The van der Waals surface area contributed by atoms with E-state index < -0.39 is 0 Å². The number of benzene rings is 1. The fourth-order valence-electron chi connectivity index (χ4n) is 2.74. The van der Waals surface area contributed by atoms with E-state index in [9.17, 15) is 4.39 Å². The number of halogens is 1. The molecule has 0 unspecified atom stereocenters. The quantitative estimate of drug-likeness (QED) is 0.890. The van der Waals surface area contributed by atoms with Gasteiger partial charge >= 0.3 is 0 Å². The molecule has 1 aromatic heterocycles. The second-order valence-electron chi connectivity index (χ2n) is 5.60. The van der Waals surface area contributed by atoms with Gasteiger partial charge in [-0.15, -0.1) is 0 Å². The second-order valence-corrected chi connectivity index (χ2v) is 5.60. The molecule has 1 fully saturated rings. The number of likely N-dealkylation sites (N-methyl/N-ethyl adjacent to an activating group) is 1. The molecule has 0 amide bonds. The Morgan fingerprint density at radius 3 is 2.82 bits per heavy atom. The third-order valence-corrected chi connectivity index (χ3v) is 4.09. The number of aromatic nitrogens is 1. The van der Waals surface area contributed by atoms with E-state index in [2.05, 4.69) is 26.6 Å². The third-order valence-electron chi connectivity index (χ3n) is 4.09. The molecule has 4 nitrogen and oxygen atoms in total. The first-order chi connectivity index (χ1) is 10.7. The van der Waals surface area contributed by atoms with Crippen LogP contribution in [0.15, 0.2) is 42.6 Å². The number of nitrogens with one attached hydrogen (secondary N) is 2. The molecule has 0 aliphatic carbocycles. The molecular weight excluding hydrogens is 279 g/mol. The Bertz CT molecular complexity index is 614. The van der Waals surface area contributed by atoms with Crippen molar-refractivity contribution in [3.8, 4) is 0 Å². The number of hydrogen-bond acceptors (Lipinski definition) is 4. The summed E-state index contributed by atoms with van der Waals surface area (Å²) in [6.45, 7) is 2.72. The Morgan fingerprint density at radius 2 is 2.09 bits per heavy atom. The van der Waals surface area contributed by atoms with Crippen molar-refractivity contribution in [3.63, 3.8) is 0 Å². The predicted molar refractivity (Wildman–Crippen MR) is 87.6 cm³/mol. The zero-order valence-electron chi connectivity index (χ0n) is 12.7. The summed E-state index contributed by atoms with van der Waals surface area (Å²) in [5.41, 5.74) is 2.22. The van der Waals surface area contributed by atoms with Crippen molar-refractivity contribution in [2.75, 3.05) is 30.4 Å². The Balaban J connectivity index is 1.63. The summed E-state index contributed by atoms with van der Waals surface area (Å²) in [5, 5.41) is 6.62. The summed E-state index contributed by atoms with van der Waals surface area (Å²) < 4.78 is 12.9. The molecule has 1 aliphatic heterocycles. The molecule has 2 aromatic rings. The number of rotatable bonds is 5. The van der Waals surface area contributed by atoms with Gasteiger partial charge in [0.15, 0.2) is 0 Å². The van der Waals surface area contributed by atoms with E-state index in [1.54, 1.807) is 12.1 Å². The minimum Gasteiger partial charge on any atom is -0.370 e. The van der Waals surface area contributed by atoms with Gasteiger partial charge in [-0.1, -0.05) is 12.1 Å². The van der Waals surface area contributed by atoms with Gasteiger partial charge in [-0.05, 0) is 37.2 Å². The number of nitrogens with zero attached hydrogens (tertiary/aromatic N) is 2. The van der Waals surface area contributed by atoms with E-state index in [-0.39, 0.29) is 5.82 Å². The third kappa shape index (κ3) is 3.54. The lowest BCUT2D eigenvalue weighted by Crippen LogP contribution is -2.29. The van der Waals surface area contributed by atoms with E-state index in [0.29, 0.717) is 12.6 Å². The van der Waals surface area contributed by atoms with Gasteiger partial charge in [0.25, 0.3) is 0 Å². The van der Waals surface area contributed by atoms with Crippen LogP contribution in [0.1, 0.15) is 12.0 Å². The molecule has 0 bridgehead atoms. The van der Waals surface area contributed by atoms with Gasteiger partial charge in [0.1, 0.15) is 11.6 Å². The highest BCUT2D eigenvalue weighted by Crippen LogP contribution is 2.22. The zero-order valence-corrected chi connectivity index (χ0v) is 12.7. The normalized spacial score (nSPS) is 17.7. The first-order valence-corrected chi connectivity index (χ1v) is 7.61. The Kier molecular flexibility index (Phi) is 4.53. The lowest BCUT2D eigenvalue weighted by Gasteiger charge is -2.19. The van der Waals surface area contributed by atoms with Crippen molar-refractivity contribution in [2.45, 2.75) is 19.0 Å². The van der Waals surface area contributed by atoms with Crippen LogP contribution in [-0.4, -0.2) is 31.2 Å². The monoisotopic (exact) mass is 300 g/mol. The summed E-state index contributed by atoms with van der Waals surface area (Å²) in [6, 6.07) is 11.2. The molecule has 0 radical (unpaired) electrons. The van der Waals surface area contributed by atoms with E-state index >= 15 is 0 Å². The molecule has 2 heterocycles. The molecular formula is C17H21FN4. The molecule has 2 N–H and O–H groups in total. The highest BCUT2D eigenvalue weighted by molar-refractivity contribution is 5.54. The Morgan fingerprint density at radius 1 is 1.27 bits per heavy atom. The lowest BCUT2D eigenvalue weighted by molar-refractivity contribution is 0.617. The minimum absolute atomic E-state index is 0.211. The van der Waals surface area contributed by atoms with Crippen molar-refractivity contribution in [3.05, 3.63) is 54.0 Å². The average Bonchev–Trinajstić information content (AvgIpc) is 3.04. The van der Waals surface area contributed by atoms with Gasteiger partial charge in [0.05, 0.1) is 0 Å². The van der Waals surface area contributed by atoms with Gasteiger partial charge in [-0.25, -0.2) is 9.37 Å². The van der Waals surface area contributed by atoms with Crippen LogP contribution in [0.2, 0.25) is 0 Å². The lowest BCUT2D eigenvalue weighted by atomic mass is 10.2. The summed E-state index contributed by atoms with van der Waals surface area (Å²) in [5.74, 6) is 0.631. The highest BCUT2D eigenvalue weighted by atomic mass is 19.1. The van der Waals surface area contributed by atoms with Crippen LogP contribution < -0.4 is 15.5 Å². The maximum atomic E-state index is 12.9. The fraction of sp³-hybridized carbons (Fsp3) is 0.353. The van der Waals surface area contributed by atoms with Crippen LogP contribution in [0.4, 0.5) is 15.9 Å². The minimum atomic E-state index is -0.211. The Labute approximate surface area is 130 Å². The summed E-state index contributed by atoms with van der Waals surface area (Å²) in [4.78, 5) is 6.72. The molecule has 0 spiro atoms. The van der Waals surface area contributed by atoms with Crippen molar-refractivity contribution in [1.29, 1.82) is 0 Å². The van der Waals surface area contributed by atoms with E-state index in [4.69, 9.17) is 0 Å². The largest absolute Gasteiger partial charge is 0.370 e. The topological polar surface area (TPSA) is 40.2 Å². The number of hydrogen-bond donors (Lipinski definition) is 2. The molecule has 5 heteroatoms. The maximum absolute atomic E-state index is 12.9. The summed E-state index contributed by atoms with van der Waals surface area (Å²) >= 11 is 0. The summed E-state index contributed by atoms with van der Waals surface area (Å²) in [7, 11) is 2.01. The van der Waals surface area contributed by atoms with Gasteiger partial charge in [0.2, 0.25) is 0 Å². The van der Waals surface area contributed by atoms with Crippen LogP contribution in [0, 0.1) is 5.82 Å². The molecule has 1 aliphatic rings. The predicted octanol–water partition coefficient (Wildman–Crippen LogP) is 2.63. The molecule has 3 rings (SSSR count). The van der Waals surface area contributed by atoms with Crippen LogP contribution in [0.5, 0.6) is 0 Å². The number of pyridine rings is 1. The zero-order chi connectivity index (χ0) is 15.4. The Hall–Kier alpha value is -2.14. The molecule has 1 saturated heterocycles. The fourth-order valence-corrected chi connectivity index (χ4v) is 2.74. The van der Waals surface area contributed by atoms with Crippen LogP contribution in [-0.2, 0) is 6.54 Å². The van der Waals surface area contributed by atoms with Gasteiger partial charge in [-0.3, -0.25) is 0 Å². The maximum Gasteiger partial charge on any atom is 0.128 e. The molecule has 1 aromatic carbocycles. The summed E-state index contributed by atoms with van der Waals surface area (Å²) in [6.07, 6.45) is 2.99. The number of anilines is 2. The van der Waals surface area contributed by atoms with Crippen LogP contribution in [0.3, 0.4) is 0 Å². The van der Waals surface area contributed by atoms with E-state index in [1.165, 1.54) is 17.8 Å². The van der Waals surface area contributed by atoms with Crippen molar-refractivity contribution in [1.82, 2.24) is 10.3 Å². The standard InChI is InChI=1S/C17H21FN4/c1-19-15-7-9-22(12-15)16-6-8-20-17(10-16)21-11-13-2-4-14(18)5-3-13/h2-6,8,10,15,19H,7,9,11-12H2,1H3,(H,20,21)/t15-/m0/s1. The smallest absolute Gasteiger partial charge is 0.128 e. The van der Waals surface area contributed by atoms with Gasteiger partial charge in [-0.2, -0.15) is 0 Å². The highest BCUT2D eigenvalue weighted by Gasteiger charge is 2.21. The second kappa shape index (κ2) is 6.75. The molecule has 22 heavy (non-hydrogen) atoms. The van der Waals surface area contributed by atoms with Gasteiger partial charge in [0, 0.05) is 43.6 Å². The van der Waals surface area contributed by atoms with Crippen LogP contribution in [0.25, 0.3) is 0 Å². The van der Waals surface area contributed by atoms with Gasteiger partial charge < -0.3 is 15.5 Å². The first kappa shape index (κ1) is 14.8. The first-order valence-electron chi connectivity index (χ1n) is 7.61. The van der Waals surface area contributed by atoms with Crippen molar-refractivity contribution >= 4 is 11.5 Å².